The van der Waals surface area contributed by atoms with E-state index in [1.54, 1.807) is 0 Å². The highest BCUT2D eigenvalue weighted by Gasteiger charge is 2.00. The molecule has 0 radical (unpaired) electrons. The second-order valence-corrected chi connectivity index (χ2v) is 3.10. The number of nitrogens with zero attached hydrogens (tertiary/aromatic N) is 1. The second kappa shape index (κ2) is 2.33. The van der Waals surface area contributed by atoms with Crippen LogP contribution in [0.4, 0.5) is 0 Å². The molecule has 13 heavy (non-hydrogen) atoms. The Hall–Kier alpha value is -1.83. The topological polar surface area (TPSA) is 28.7 Å². The smallest absolute Gasteiger partial charge is 0.0481 e. The molecule has 0 aliphatic rings. The number of H-pyrrole nitrogens is 1. The van der Waals surface area contributed by atoms with Crippen LogP contribution in [0, 0.1) is 0 Å². The van der Waals surface area contributed by atoms with Crippen molar-refractivity contribution in [3.8, 4) is 0 Å². The molecule has 2 nitrogen and oxygen atoms in total. The Bertz CT molecular complexity index is 566. The molecule has 0 saturated heterocycles. The van der Waals surface area contributed by atoms with E-state index in [1.807, 2.05) is 24.7 Å². The minimum absolute atomic E-state index is 1.13. The van der Waals surface area contributed by atoms with Crippen molar-refractivity contribution in [3.05, 3.63) is 42.9 Å². The van der Waals surface area contributed by atoms with E-state index in [-0.39, 0.29) is 0 Å². The maximum Gasteiger partial charge on any atom is 0.0481 e. The van der Waals surface area contributed by atoms with Crippen LogP contribution in [0.1, 0.15) is 0 Å². The van der Waals surface area contributed by atoms with E-state index in [4.69, 9.17) is 0 Å². The molecule has 0 aliphatic heterocycles. The molecule has 3 rings (SSSR count). The van der Waals surface area contributed by atoms with E-state index < -0.39 is 0 Å². The van der Waals surface area contributed by atoms with Gasteiger partial charge in [0.1, 0.15) is 0 Å². The molecule has 0 atom stereocenters. The van der Waals surface area contributed by atoms with Crippen LogP contribution in [-0.4, -0.2) is 9.97 Å². The molecule has 0 unspecified atom stereocenters. The molecule has 62 valence electrons. The predicted octanol–water partition coefficient (Wildman–Crippen LogP) is 2.72. The van der Waals surface area contributed by atoms with Crippen LogP contribution in [0.3, 0.4) is 0 Å². The molecule has 0 spiro atoms. The highest BCUT2D eigenvalue weighted by molar-refractivity contribution is 6.09. The number of rotatable bonds is 0. The molecule has 0 saturated carbocycles. The zero-order valence-corrected chi connectivity index (χ0v) is 6.99. The lowest BCUT2D eigenvalue weighted by Crippen LogP contribution is -1.71. The van der Waals surface area contributed by atoms with Crippen LogP contribution in [0.2, 0.25) is 0 Å². The van der Waals surface area contributed by atoms with Crippen LogP contribution in [-0.2, 0) is 0 Å². The summed E-state index contributed by atoms with van der Waals surface area (Å²) in [6, 6.07) is 8.29. The largest absolute Gasteiger partial charge is 0.361 e. The fourth-order valence-corrected chi connectivity index (χ4v) is 1.74. The minimum atomic E-state index is 1.13. The van der Waals surface area contributed by atoms with Gasteiger partial charge in [-0.3, -0.25) is 4.98 Å². The summed E-state index contributed by atoms with van der Waals surface area (Å²) in [6.45, 7) is 0. The van der Waals surface area contributed by atoms with Gasteiger partial charge in [0, 0.05) is 34.9 Å². The SMILES string of the molecule is c1cc2[nH]ccc3ccc(cn1)c32. The second-order valence-electron chi connectivity index (χ2n) is 3.10. The summed E-state index contributed by atoms with van der Waals surface area (Å²) in [5, 5.41) is 3.72. The van der Waals surface area contributed by atoms with Crippen molar-refractivity contribution >= 4 is 21.7 Å². The summed E-state index contributed by atoms with van der Waals surface area (Å²) in [6.07, 6.45) is 5.66. The van der Waals surface area contributed by atoms with Crippen LogP contribution in [0.25, 0.3) is 21.7 Å². The van der Waals surface area contributed by atoms with Crippen molar-refractivity contribution in [2.24, 2.45) is 0 Å². The van der Waals surface area contributed by atoms with Gasteiger partial charge in [0.25, 0.3) is 0 Å². The van der Waals surface area contributed by atoms with E-state index in [1.165, 1.54) is 16.2 Å². The average molecular weight is 168 g/mol. The third kappa shape index (κ3) is 0.855. The fourth-order valence-electron chi connectivity index (χ4n) is 1.74. The van der Waals surface area contributed by atoms with Crippen LogP contribution >= 0.6 is 0 Å². The molecule has 0 bridgehead atoms. The minimum Gasteiger partial charge on any atom is -0.361 e. The van der Waals surface area contributed by atoms with Crippen molar-refractivity contribution in [2.45, 2.75) is 0 Å². The molecular weight excluding hydrogens is 160 g/mol. The summed E-state index contributed by atoms with van der Waals surface area (Å²) in [7, 11) is 0. The van der Waals surface area contributed by atoms with Gasteiger partial charge in [0.15, 0.2) is 0 Å². The zero-order valence-electron chi connectivity index (χ0n) is 6.99. The molecule has 2 heteroatoms. The Morgan fingerprint density at radius 3 is 2.92 bits per heavy atom. The quantitative estimate of drug-likeness (QED) is 0.549. The molecule has 0 amide bonds. The van der Waals surface area contributed by atoms with Gasteiger partial charge in [-0.15, -0.1) is 0 Å². The van der Waals surface area contributed by atoms with Gasteiger partial charge in [0.2, 0.25) is 0 Å². The van der Waals surface area contributed by atoms with Crippen molar-refractivity contribution in [2.75, 3.05) is 0 Å². The maximum absolute atomic E-state index is 4.16. The fraction of sp³-hybridized carbons (Fsp3) is 0. The van der Waals surface area contributed by atoms with E-state index in [9.17, 15) is 0 Å². The number of aromatic amines is 1. The number of hydrogen-bond acceptors (Lipinski definition) is 1. The third-order valence-electron chi connectivity index (χ3n) is 2.33. The van der Waals surface area contributed by atoms with Crippen LogP contribution in [0.5, 0.6) is 0 Å². The molecule has 2 aromatic heterocycles. The van der Waals surface area contributed by atoms with E-state index in [0.29, 0.717) is 0 Å². The lowest BCUT2D eigenvalue weighted by atomic mass is 10.2. The van der Waals surface area contributed by atoms with Gasteiger partial charge in [-0.2, -0.15) is 0 Å². The molecule has 1 aromatic carbocycles. The van der Waals surface area contributed by atoms with Gasteiger partial charge < -0.3 is 4.98 Å². The van der Waals surface area contributed by atoms with Gasteiger partial charge in [-0.25, -0.2) is 0 Å². The van der Waals surface area contributed by atoms with Crippen LogP contribution < -0.4 is 0 Å². The highest BCUT2D eigenvalue weighted by atomic mass is 14.7. The van der Waals surface area contributed by atoms with Crippen LogP contribution in [0.15, 0.2) is 42.9 Å². The molecule has 0 fully saturated rings. The van der Waals surface area contributed by atoms with E-state index in [0.717, 1.165) is 5.52 Å². The monoisotopic (exact) mass is 168 g/mol. The Morgan fingerprint density at radius 1 is 1.00 bits per heavy atom. The first-order valence-electron chi connectivity index (χ1n) is 4.25. The summed E-state index contributed by atoms with van der Waals surface area (Å²) < 4.78 is 0. The van der Waals surface area contributed by atoms with Crippen molar-refractivity contribution in [1.82, 2.24) is 9.97 Å². The first-order valence-corrected chi connectivity index (χ1v) is 4.25. The maximum atomic E-state index is 4.16. The van der Waals surface area contributed by atoms with Crippen molar-refractivity contribution in [1.29, 1.82) is 0 Å². The number of aromatic nitrogens is 2. The van der Waals surface area contributed by atoms with Gasteiger partial charge in [0.05, 0.1) is 0 Å². The molecule has 2 heterocycles. The lowest BCUT2D eigenvalue weighted by molar-refractivity contribution is 1.37. The summed E-state index contributed by atoms with van der Waals surface area (Å²) in [5.41, 5.74) is 1.13. The number of nitrogens with one attached hydrogen (secondary N) is 1. The summed E-state index contributed by atoms with van der Waals surface area (Å²) >= 11 is 0. The Morgan fingerprint density at radius 2 is 1.92 bits per heavy atom. The predicted molar refractivity (Wildman–Crippen MR) is 53.6 cm³/mol. The first-order chi connectivity index (χ1) is 6.45. The Balaban J connectivity index is 2.75. The standard InChI is InChI=1S/C11H8N2/c1-2-9-7-12-5-4-10-11(9)8(1)3-6-13-10/h1-7,13H. The molecule has 1 N–H and O–H groups in total. The van der Waals surface area contributed by atoms with E-state index in [2.05, 4.69) is 28.2 Å². The van der Waals surface area contributed by atoms with Gasteiger partial charge >= 0.3 is 0 Å². The Kier molecular flexibility index (Phi) is 1.19. The molecule has 0 aliphatic carbocycles. The van der Waals surface area contributed by atoms with Crippen molar-refractivity contribution < 1.29 is 0 Å². The highest BCUT2D eigenvalue weighted by Crippen LogP contribution is 2.24. The first kappa shape index (κ1) is 6.66. The van der Waals surface area contributed by atoms with E-state index >= 15 is 0 Å². The lowest BCUT2D eigenvalue weighted by Gasteiger charge is -1.92. The van der Waals surface area contributed by atoms with Gasteiger partial charge in [-0.1, -0.05) is 12.1 Å². The normalized spacial score (nSPS) is 11.1. The average Bonchev–Trinajstić information content (AvgIpc) is 2.44. The summed E-state index contributed by atoms with van der Waals surface area (Å²) in [5.74, 6) is 0. The Labute approximate surface area is 75.2 Å². The van der Waals surface area contributed by atoms with Crippen molar-refractivity contribution in [3.63, 3.8) is 0 Å². The molecular formula is C11H8N2. The summed E-state index contributed by atoms with van der Waals surface area (Å²) in [4.78, 5) is 7.37. The zero-order chi connectivity index (χ0) is 8.67. The number of pyridine rings is 1. The third-order valence-corrected chi connectivity index (χ3v) is 2.33. The van der Waals surface area contributed by atoms with Gasteiger partial charge in [-0.05, 0) is 17.5 Å². The molecule has 3 aromatic rings. The number of hydrogen-bond donors (Lipinski definition) is 1.